The summed E-state index contributed by atoms with van der Waals surface area (Å²) >= 11 is 1.27. The molecule has 4 rings (SSSR count). The zero-order chi connectivity index (χ0) is 19.0. The number of aromatic nitrogens is 1. The number of halogens is 3. The highest BCUT2D eigenvalue weighted by Gasteiger charge is 2.27. The Morgan fingerprint density at radius 2 is 1.89 bits per heavy atom. The van der Waals surface area contributed by atoms with Crippen molar-refractivity contribution in [1.29, 1.82) is 0 Å². The van der Waals surface area contributed by atoms with E-state index in [0.29, 0.717) is 41.9 Å². The van der Waals surface area contributed by atoms with Gasteiger partial charge in [0, 0.05) is 32.0 Å². The number of rotatable bonds is 3. The first kappa shape index (κ1) is 17.8. The van der Waals surface area contributed by atoms with Gasteiger partial charge in [0.05, 0.1) is 10.3 Å². The summed E-state index contributed by atoms with van der Waals surface area (Å²) in [7, 11) is 0. The number of benzene rings is 2. The van der Waals surface area contributed by atoms with Crippen molar-refractivity contribution in [3.63, 3.8) is 0 Å². The standard InChI is InChI=1S/C19H15F3N2O2S/c20-11-4-5-13(15(22)10-11)18(25)24-8-6-12(7-9-24)26-19-23-17-14(21)2-1-3-16(17)27-19/h1-5,10,12H,6-9H2. The molecule has 2 heterocycles. The quantitative estimate of drug-likeness (QED) is 0.664. The number of para-hydroxylation sites is 1. The van der Waals surface area contributed by atoms with Gasteiger partial charge >= 0.3 is 0 Å². The molecule has 1 aliphatic rings. The maximum Gasteiger partial charge on any atom is 0.274 e. The van der Waals surface area contributed by atoms with Gasteiger partial charge in [0.25, 0.3) is 11.1 Å². The minimum absolute atomic E-state index is 0.141. The molecule has 1 amide bonds. The average molecular weight is 392 g/mol. The van der Waals surface area contributed by atoms with E-state index in [-0.39, 0.29) is 23.0 Å². The third kappa shape index (κ3) is 3.62. The molecule has 1 aromatic heterocycles. The van der Waals surface area contributed by atoms with E-state index in [0.717, 1.165) is 12.1 Å². The largest absolute Gasteiger partial charge is 0.467 e. The van der Waals surface area contributed by atoms with Crippen molar-refractivity contribution < 1.29 is 22.7 Å². The number of hydrogen-bond donors (Lipinski definition) is 0. The van der Waals surface area contributed by atoms with Crippen LogP contribution in [-0.2, 0) is 0 Å². The van der Waals surface area contributed by atoms with E-state index in [1.807, 2.05) is 0 Å². The van der Waals surface area contributed by atoms with Gasteiger partial charge in [0.2, 0.25) is 0 Å². The van der Waals surface area contributed by atoms with Gasteiger partial charge in [0.15, 0.2) is 0 Å². The normalized spacial score (nSPS) is 15.3. The van der Waals surface area contributed by atoms with Gasteiger partial charge in [-0.3, -0.25) is 4.79 Å². The lowest BCUT2D eigenvalue weighted by Gasteiger charge is -2.31. The summed E-state index contributed by atoms with van der Waals surface area (Å²) in [5.74, 6) is -2.44. The highest BCUT2D eigenvalue weighted by molar-refractivity contribution is 7.20. The number of nitrogens with zero attached hydrogens (tertiary/aromatic N) is 2. The molecular weight excluding hydrogens is 377 g/mol. The second-order valence-corrected chi connectivity index (χ2v) is 7.29. The molecule has 27 heavy (non-hydrogen) atoms. The first-order valence-corrected chi connectivity index (χ1v) is 9.29. The van der Waals surface area contributed by atoms with Crippen LogP contribution in [0.4, 0.5) is 13.2 Å². The molecule has 0 N–H and O–H groups in total. The lowest BCUT2D eigenvalue weighted by molar-refractivity contribution is 0.0591. The minimum atomic E-state index is -0.866. The van der Waals surface area contributed by atoms with Crippen LogP contribution in [0.3, 0.4) is 0 Å². The van der Waals surface area contributed by atoms with Gasteiger partial charge in [-0.05, 0) is 24.3 Å². The van der Waals surface area contributed by atoms with Crippen LogP contribution in [0.25, 0.3) is 10.2 Å². The fourth-order valence-electron chi connectivity index (χ4n) is 3.10. The Hall–Kier alpha value is -2.61. The molecule has 2 aromatic carbocycles. The van der Waals surface area contributed by atoms with Crippen molar-refractivity contribution in [3.05, 3.63) is 59.4 Å². The predicted octanol–water partition coefficient (Wildman–Crippen LogP) is 4.40. The van der Waals surface area contributed by atoms with Crippen molar-refractivity contribution >= 4 is 27.5 Å². The van der Waals surface area contributed by atoms with Crippen LogP contribution in [0.5, 0.6) is 5.19 Å². The zero-order valence-electron chi connectivity index (χ0n) is 14.1. The van der Waals surface area contributed by atoms with Gasteiger partial charge in [-0.25, -0.2) is 13.2 Å². The van der Waals surface area contributed by atoms with Crippen LogP contribution in [0.1, 0.15) is 23.2 Å². The van der Waals surface area contributed by atoms with Crippen LogP contribution in [0.2, 0.25) is 0 Å². The van der Waals surface area contributed by atoms with Crippen LogP contribution >= 0.6 is 11.3 Å². The molecule has 8 heteroatoms. The Bertz CT molecular complexity index is 1000. The van der Waals surface area contributed by atoms with E-state index in [9.17, 15) is 18.0 Å². The molecule has 3 aromatic rings. The number of ether oxygens (including phenoxy) is 1. The number of carbonyl (C=O) groups excluding carboxylic acids is 1. The number of carbonyl (C=O) groups is 1. The summed E-state index contributed by atoms with van der Waals surface area (Å²) in [6.45, 7) is 0.777. The number of likely N-dealkylation sites (tertiary alicyclic amines) is 1. The zero-order valence-corrected chi connectivity index (χ0v) is 14.9. The Kier molecular flexibility index (Phi) is 4.73. The van der Waals surface area contributed by atoms with Gasteiger partial charge in [-0.2, -0.15) is 4.98 Å². The summed E-state index contributed by atoms with van der Waals surface area (Å²) in [5.41, 5.74) is 0.148. The molecule has 0 bridgehead atoms. The molecular formula is C19H15F3N2O2S. The molecule has 0 radical (unpaired) electrons. The molecule has 1 fully saturated rings. The molecule has 0 saturated carbocycles. The molecule has 1 aliphatic heterocycles. The van der Waals surface area contributed by atoms with E-state index >= 15 is 0 Å². The first-order valence-electron chi connectivity index (χ1n) is 8.47. The summed E-state index contributed by atoms with van der Waals surface area (Å²) in [4.78, 5) is 18.1. The first-order chi connectivity index (χ1) is 13.0. The van der Waals surface area contributed by atoms with Gasteiger partial charge in [-0.1, -0.05) is 17.4 Å². The Morgan fingerprint density at radius 1 is 1.11 bits per heavy atom. The van der Waals surface area contributed by atoms with Crippen molar-refractivity contribution in [1.82, 2.24) is 9.88 Å². The monoisotopic (exact) mass is 392 g/mol. The molecule has 0 unspecified atom stereocenters. The van der Waals surface area contributed by atoms with Crippen LogP contribution < -0.4 is 4.74 Å². The number of piperidine rings is 1. The van der Waals surface area contributed by atoms with Gasteiger partial charge in [-0.15, -0.1) is 0 Å². The maximum absolute atomic E-state index is 13.8. The molecule has 1 saturated heterocycles. The SMILES string of the molecule is O=C(c1ccc(F)cc1F)N1CCC(Oc2nc3c(F)cccc3s2)CC1. The predicted molar refractivity (Wildman–Crippen MR) is 95.5 cm³/mol. The number of fused-ring (bicyclic) bond motifs is 1. The van der Waals surface area contributed by atoms with E-state index in [2.05, 4.69) is 4.98 Å². The van der Waals surface area contributed by atoms with Crippen LogP contribution in [-0.4, -0.2) is 35.0 Å². The highest BCUT2D eigenvalue weighted by atomic mass is 32.1. The number of thiazole rings is 1. The molecule has 0 spiro atoms. The Balaban J connectivity index is 1.39. The van der Waals surface area contributed by atoms with E-state index in [1.165, 1.54) is 22.3 Å². The maximum atomic E-state index is 13.8. The van der Waals surface area contributed by atoms with Crippen molar-refractivity contribution in [2.45, 2.75) is 18.9 Å². The lowest BCUT2D eigenvalue weighted by Crippen LogP contribution is -2.42. The summed E-state index contributed by atoms with van der Waals surface area (Å²) in [5, 5.41) is 0.393. The second kappa shape index (κ2) is 7.19. The van der Waals surface area contributed by atoms with Crippen LogP contribution in [0.15, 0.2) is 36.4 Å². The van der Waals surface area contributed by atoms with Crippen molar-refractivity contribution in [3.8, 4) is 5.19 Å². The van der Waals surface area contributed by atoms with Gasteiger partial charge in [0.1, 0.15) is 29.1 Å². The highest BCUT2D eigenvalue weighted by Crippen LogP contribution is 2.31. The topological polar surface area (TPSA) is 42.4 Å². The average Bonchev–Trinajstić information content (AvgIpc) is 3.06. The smallest absolute Gasteiger partial charge is 0.274 e. The molecule has 4 nitrogen and oxygen atoms in total. The van der Waals surface area contributed by atoms with Gasteiger partial charge < -0.3 is 9.64 Å². The van der Waals surface area contributed by atoms with Crippen molar-refractivity contribution in [2.75, 3.05) is 13.1 Å². The molecule has 0 aliphatic carbocycles. The Labute approximate surface area is 157 Å². The summed E-state index contributed by atoms with van der Waals surface area (Å²) in [6.07, 6.45) is 0.940. The van der Waals surface area contributed by atoms with Crippen molar-refractivity contribution in [2.24, 2.45) is 0 Å². The Morgan fingerprint density at radius 3 is 2.59 bits per heavy atom. The van der Waals surface area contributed by atoms with E-state index < -0.39 is 17.5 Å². The van der Waals surface area contributed by atoms with E-state index in [1.54, 1.807) is 12.1 Å². The van der Waals surface area contributed by atoms with E-state index in [4.69, 9.17) is 4.74 Å². The number of amides is 1. The second-order valence-electron chi connectivity index (χ2n) is 6.30. The summed E-state index contributed by atoms with van der Waals surface area (Å²) < 4.78 is 47.1. The lowest BCUT2D eigenvalue weighted by atomic mass is 10.1. The molecule has 0 atom stereocenters. The minimum Gasteiger partial charge on any atom is -0.467 e. The third-order valence-corrected chi connectivity index (χ3v) is 5.42. The fourth-order valence-corrected chi connectivity index (χ4v) is 3.99. The molecule has 140 valence electrons. The summed E-state index contributed by atoms with van der Waals surface area (Å²) in [6, 6.07) is 7.68. The van der Waals surface area contributed by atoms with Crippen LogP contribution in [0, 0.1) is 17.5 Å². The fraction of sp³-hybridized carbons (Fsp3) is 0.263. The number of hydrogen-bond acceptors (Lipinski definition) is 4. The third-order valence-electron chi connectivity index (χ3n) is 4.51.